The van der Waals surface area contributed by atoms with E-state index in [4.69, 9.17) is 9.26 Å². The number of likely N-dealkylation sites (tertiary alicyclic amines) is 1. The van der Waals surface area contributed by atoms with E-state index in [2.05, 4.69) is 10.1 Å². The zero-order valence-electron chi connectivity index (χ0n) is 14.1. The highest BCUT2D eigenvalue weighted by atomic mass is 32.1. The van der Waals surface area contributed by atoms with Gasteiger partial charge in [0.1, 0.15) is 5.76 Å². The Kier molecular flexibility index (Phi) is 5.49. The molecule has 1 fully saturated rings. The highest BCUT2D eigenvalue weighted by Gasteiger charge is 2.35. The second-order valence-corrected chi connectivity index (χ2v) is 6.95. The van der Waals surface area contributed by atoms with Gasteiger partial charge in [-0.1, -0.05) is 0 Å². The molecule has 3 rings (SSSR count). The van der Waals surface area contributed by atoms with Crippen molar-refractivity contribution in [3.8, 4) is 5.88 Å². The van der Waals surface area contributed by atoms with Crippen LogP contribution >= 0.6 is 11.3 Å². The molecule has 10 heteroatoms. The van der Waals surface area contributed by atoms with Gasteiger partial charge in [0.2, 0.25) is 5.91 Å². The predicted molar refractivity (Wildman–Crippen MR) is 87.0 cm³/mol. The van der Waals surface area contributed by atoms with Crippen LogP contribution < -0.4 is 4.74 Å². The van der Waals surface area contributed by atoms with Gasteiger partial charge in [0, 0.05) is 43.3 Å². The second kappa shape index (κ2) is 7.65. The molecule has 26 heavy (non-hydrogen) atoms. The third kappa shape index (κ3) is 4.35. The van der Waals surface area contributed by atoms with Crippen LogP contribution in [0.1, 0.15) is 41.6 Å². The number of carbonyl (C=O) groups is 1. The van der Waals surface area contributed by atoms with Crippen LogP contribution in [0, 0.1) is 0 Å². The summed E-state index contributed by atoms with van der Waals surface area (Å²) in [7, 11) is 1.48. The highest BCUT2D eigenvalue weighted by molar-refractivity contribution is 7.09. The van der Waals surface area contributed by atoms with Crippen LogP contribution in [0.2, 0.25) is 0 Å². The summed E-state index contributed by atoms with van der Waals surface area (Å²) in [6.45, 7) is 1.04. The molecule has 0 unspecified atom stereocenters. The number of aryl methyl sites for hydroxylation is 1. The zero-order valence-corrected chi connectivity index (χ0v) is 14.9. The van der Waals surface area contributed by atoms with Crippen molar-refractivity contribution in [3.63, 3.8) is 0 Å². The molecule has 0 aliphatic carbocycles. The van der Waals surface area contributed by atoms with Crippen LogP contribution in [0.3, 0.4) is 0 Å². The van der Waals surface area contributed by atoms with Gasteiger partial charge >= 0.3 is 6.18 Å². The number of aromatic nitrogens is 2. The molecule has 1 amide bonds. The first kappa shape index (κ1) is 18.7. The number of hydrogen-bond acceptors (Lipinski definition) is 6. The minimum absolute atomic E-state index is 0.00561. The number of nitrogens with zero attached hydrogens (tertiary/aromatic N) is 3. The van der Waals surface area contributed by atoms with Crippen molar-refractivity contribution < 1.29 is 27.2 Å². The first-order valence-electron chi connectivity index (χ1n) is 8.17. The predicted octanol–water partition coefficient (Wildman–Crippen LogP) is 3.50. The van der Waals surface area contributed by atoms with E-state index in [9.17, 15) is 18.0 Å². The van der Waals surface area contributed by atoms with Gasteiger partial charge in [-0.15, -0.1) is 11.3 Å². The van der Waals surface area contributed by atoms with Crippen molar-refractivity contribution >= 4 is 17.2 Å². The quantitative estimate of drug-likeness (QED) is 0.783. The molecular formula is C16H18F3N3O3S. The Bertz CT molecular complexity index is 751. The number of carbonyl (C=O) groups excluding carboxylic acids is 1. The molecule has 1 aliphatic heterocycles. The zero-order chi connectivity index (χ0) is 18.7. The van der Waals surface area contributed by atoms with E-state index in [1.54, 1.807) is 11.0 Å². The van der Waals surface area contributed by atoms with E-state index in [1.165, 1.54) is 7.11 Å². The Balaban J connectivity index is 1.48. The van der Waals surface area contributed by atoms with E-state index >= 15 is 0 Å². The lowest BCUT2D eigenvalue weighted by Crippen LogP contribution is -2.38. The normalized spacial score (nSPS) is 16.1. The van der Waals surface area contributed by atoms with Crippen molar-refractivity contribution in [2.75, 3.05) is 20.2 Å². The van der Waals surface area contributed by atoms with Crippen molar-refractivity contribution in [1.29, 1.82) is 0 Å². The molecular weight excluding hydrogens is 371 g/mol. The van der Waals surface area contributed by atoms with Crippen LogP contribution in [-0.4, -0.2) is 41.1 Å². The maximum Gasteiger partial charge on any atom is 0.434 e. The van der Waals surface area contributed by atoms with Crippen LogP contribution in [-0.2, 0) is 17.4 Å². The first-order valence-corrected chi connectivity index (χ1v) is 9.04. The van der Waals surface area contributed by atoms with E-state index < -0.39 is 11.9 Å². The van der Waals surface area contributed by atoms with Gasteiger partial charge in [-0.3, -0.25) is 4.79 Å². The summed E-state index contributed by atoms with van der Waals surface area (Å²) in [5.41, 5.74) is -0.835. The number of methoxy groups -OCH3 is 1. The fourth-order valence-corrected chi connectivity index (χ4v) is 3.88. The number of thiazole rings is 1. The number of piperidine rings is 1. The van der Waals surface area contributed by atoms with Gasteiger partial charge in [0.15, 0.2) is 5.69 Å². The molecule has 6 nitrogen and oxygen atoms in total. The van der Waals surface area contributed by atoms with Gasteiger partial charge in [-0.2, -0.15) is 13.2 Å². The third-order valence-electron chi connectivity index (χ3n) is 4.34. The van der Waals surface area contributed by atoms with Crippen LogP contribution in [0.25, 0.3) is 0 Å². The van der Waals surface area contributed by atoms with Crippen molar-refractivity contribution in [3.05, 3.63) is 27.9 Å². The Morgan fingerprint density at radius 1 is 1.42 bits per heavy atom. The summed E-state index contributed by atoms with van der Waals surface area (Å²) in [6, 6.07) is 1.64. The van der Waals surface area contributed by atoms with Crippen LogP contribution in [0.15, 0.2) is 16.0 Å². The fraction of sp³-hybridized carbons (Fsp3) is 0.562. The van der Waals surface area contributed by atoms with Crippen LogP contribution in [0.5, 0.6) is 5.88 Å². The number of ether oxygens (including phenoxy) is 1. The van der Waals surface area contributed by atoms with Gasteiger partial charge in [-0.05, 0) is 18.0 Å². The molecule has 1 aliphatic rings. The highest BCUT2D eigenvalue weighted by Crippen LogP contribution is 2.35. The number of alkyl halides is 3. The van der Waals surface area contributed by atoms with E-state index in [0.29, 0.717) is 55.4 Å². The summed E-state index contributed by atoms with van der Waals surface area (Å²) in [6.07, 6.45) is -2.46. The molecule has 2 aromatic rings. The standard InChI is InChI=1S/C16H18F3N3O3S/c1-24-13-8-11(25-21-13)2-3-14(23)22-6-4-10(5-7-22)15-20-12(9-26-15)16(17,18)19/h8-10H,2-7H2,1H3. The maximum atomic E-state index is 12.7. The largest absolute Gasteiger partial charge is 0.479 e. The molecule has 0 radical (unpaired) electrons. The van der Waals surface area contributed by atoms with Gasteiger partial charge in [-0.25, -0.2) is 4.98 Å². The van der Waals surface area contributed by atoms with Gasteiger partial charge < -0.3 is 14.2 Å². The summed E-state index contributed by atoms with van der Waals surface area (Å²) in [5.74, 6) is 0.912. The molecule has 0 atom stereocenters. The monoisotopic (exact) mass is 389 g/mol. The summed E-state index contributed by atoms with van der Waals surface area (Å²) in [4.78, 5) is 17.8. The molecule has 142 valence electrons. The minimum atomic E-state index is -4.41. The smallest absolute Gasteiger partial charge is 0.434 e. The summed E-state index contributed by atoms with van der Waals surface area (Å²) >= 11 is 1.04. The molecule has 1 saturated heterocycles. The second-order valence-electron chi connectivity index (χ2n) is 6.06. The molecule has 0 N–H and O–H groups in total. The Morgan fingerprint density at radius 3 is 2.73 bits per heavy atom. The van der Waals surface area contributed by atoms with E-state index in [-0.39, 0.29) is 11.8 Å². The molecule has 2 aromatic heterocycles. The minimum Gasteiger partial charge on any atom is -0.479 e. The molecule has 0 spiro atoms. The molecule has 0 bridgehead atoms. The van der Waals surface area contributed by atoms with Crippen molar-refractivity contribution in [2.45, 2.75) is 37.8 Å². The van der Waals surface area contributed by atoms with Crippen molar-refractivity contribution in [1.82, 2.24) is 15.0 Å². The van der Waals surface area contributed by atoms with E-state index in [1.807, 2.05) is 0 Å². The van der Waals surface area contributed by atoms with Crippen LogP contribution in [0.4, 0.5) is 13.2 Å². The third-order valence-corrected chi connectivity index (χ3v) is 5.35. The van der Waals surface area contributed by atoms with Gasteiger partial charge in [0.25, 0.3) is 5.88 Å². The first-order chi connectivity index (χ1) is 12.4. The number of amides is 1. The maximum absolute atomic E-state index is 12.7. The molecule has 3 heterocycles. The average molecular weight is 389 g/mol. The Hall–Kier alpha value is -2.10. The number of rotatable bonds is 5. The van der Waals surface area contributed by atoms with Crippen molar-refractivity contribution in [2.24, 2.45) is 0 Å². The fourth-order valence-electron chi connectivity index (χ4n) is 2.88. The summed E-state index contributed by atoms with van der Waals surface area (Å²) < 4.78 is 47.9. The SMILES string of the molecule is COc1cc(CCC(=O)N2CCC(c3nc(C(F)(F)F)cs3)CC2)on1. The Morgan fingerprint density at radius 2 is 2.15 bits per heavy atom. The van der Waals surface area contributed by atoms with E-state index in [0.717, 1.165) is 16.7 Å². The average Bonchev–Trinajstić information content (AvgIpc) is 3.29. The molecule has 0 saturated carbocycles. The lowest BCUT2D eigenvalue weighted by molar-refractivity contribution is -0.140. The lowest BCUT2D eigenvalue weighted by atomic mass is 9.97. The lowest BCUT2D eigenvalue weighted by Gasteiger charge is -2.31. The Labute approximate surface area is 151 Å². The number of halogens is 3. The molecule has 0 aromatic carbocycles. The number of hydrogen-bond donors (Lipinski definition) is 0. The summed E-state index contributed by atoms with van der Waals surface area (Å²) in [5, 5.41) is 5.23. The topological polar surface area (TPSA) is 68.5 Å². The van der Waals surface area contributed by atoms with Gasteiger partial charge in [0.05, 0.1) is 12.1 Å².